The van der Waals surface area contributed by atoms with Crippen LogP contribution in [-0.4, -0.2) is 17.0 Å². The number of hydrogen-bond acceptors (Lipinski definition) is 3. The molecule has 1 N–H and O–H groups in total. The van der Waals surface area contributed by atoms with Crippen LogP contribution in [0.25, 0.3) is 0 Å². The van der Waals surface area contributed by atoms with Gasteiger partial charge in [0.2, 0.25) is 0 Å². The van der Waals surface area contributed by atoms with Crippen molar-refractivity contribution in [2.45, 2.75) is 26.3 Å². The van der Waals surface area contributed by atoms with E-state index in [1.165, 1.54) is 6.07 Å². The average molecular weight is 349 g/mol. The van der Waals surface area contributed by atoms with Gasteiger partial charge in [-0.15, -0.1) is 0 Å². The van der Waals surface area contributed by atoms with Crippen LogP contribution in [0.15, 0.2) is 21.6 Å². The second-order valence-electron chi connectivity index (χ2n) is 4.75. The Morgan fingerprint density at radius 1 is 1.42 bits per heavy atom. The quantitative estimate of drug-likeness (QED) is 0.840. The van der Waals surface area contributed by atoms with Gasteiger partial charge in [0, 0.05) is 16.3 Å². The molecule has 0 aliphatic carbocycles. The van der Waals surface area contributed by atoms with Gasteiger partial charge in [0.1, 0.15) is 5.82 Å². The summed E-state index contributed by atoms with van der Waals surface area (Å²) in [7, 11) is 0. The van der Waals surface area contributed by atoms with E-state index in [1.807, 2.05) is 0 Å². The van der Waals surface area contributed by atoms with E-state index in [-0.39, 0.29) is 11.7 Å². The van der Waals surface area contributed by atoms with Gasteiger partial charge < -0.3 is 5.32 Å². The summed E-state index contributed by atoms with van der Waals surface area (Å²) in [4.78, 5) is 4.57. The molecule has 2 nitrogen and oxygen atoms in total. The van der Waals surface area contributed by atoms with E-state index in [4.69, 9.17) is 0 Å². The molecule has 1 aromatic rings. The first-order valence-electron chi connectivity index (χ1n) is 6.09. The van der Waals surface area contributed by atoms with Gasteiger partial charge in [0.05, 0.1) is 11.7 Å². The SMILES string of the molecule is CC(C)C1CCSC(Nc2c(F)cc(F)cc2Br)=N1. The fourth-order valence-electron chi connectivity index (χ4n) is 1.85. The number of anilines is 1. The Morgan fingerprint density at radius 3 is 2.79 bits per heavy atom. The molecule has 1 aliphatic heterocycles. The largest absolute Gasteiger partial charge is 0.332 e. The second-order valence-corrected chi connectivity index (χ2v) is 6.69. The third kappa shape index (κ3) is 3.69. The number of benzene rings is 1. The van der Waals surface area contributed by atoms with Crippen LogP contribution >= 0.6 is 27.7 Å². The standard InChI is InChI=1S/C13H15BrF2N2S/c1-7(2)11-3-4-19-13(17-11)18-12-9(14)5-8(15)6-10(12)16/h5-7,11H,3-4H2,1-2H3,(H,17,18). The minimum atomic E-state index is -0.623. The summed E-state index contributed by atoms with van der Waals surface area (Å²) in [6.07, 6.45) is 1.03. The van der Waals surface area contributed by atoms with Crippen LogP contribution in [0.2, 0.25) is 0 Å². The van der Waals surface area contributed by atoms with Crippen LogP contribution in [0.1, 0.15) is 20.3 Å². The molecule has 1 unspecified atom stereocenters. The number of hydrogen-bond donors (Lipinski definition) is 1. The summed E-state index contributed by atoms with van der Waals surface area (Å²) in [6.45, 7) is 4.24. The Labute approximate surface area is 124 Å². The van der Waals surface area contributed by atoms with Gasteiger partial charge in [-0.1, -0.05) is 25.6 Å². The normalized spacial score (nSPS) is 19.5. The van der Waals surface area contributed by atoms with Crippen molar-refractivity contribution in [3.05, 3.63) is 28.2 Å². The summed E-state index contributed by atoms with van der Waals surface area (Å²) in [5.41, 5.74) is 0.233. The first kappa shape index (κ1) is 14.8. The lowest BCUT2D eigenvalue weighted by molar-refractivity contribution is 0.485. The van der Waals surface area contributed by atoms with E-state index in [0.717, 1.165) is 18.2 Å². The summed E-state index contributed by atoms with van der Waals surface area (Å²) >= 11 is 4.72. The third-order valence-electron chi connectivity index (χ3n) is 2.94. The van der Waals surface area contributed by atoms with Crippen LogP contribution in [0.3, 0.4) is 0 Å². The highest BCUT2D eigenvalue weighted by Gasteiger charge is 2.20. The molecule has 0 amide bonds. The molecule has 0 radical (unpaired) electrons. The Bertz CT molecular complexity index is 482. The minimum Gasteiger partial charge on any atom is -0.332 e. The van der Waals surface area contributed by atoms with E-state index >= 15 is 0 Å². The number of thioether (sulfide) groups is 1. The monoisotopic (exact) mass is 348 g/mol. The van der Waals surface area contributed by atoms with Crippen molar-refractivity contribution in [3.8, 4) is 0 Å². The number of nitrogens with zero attached hydrogens (tertiary/aromatic N) is 1. The second kappa shape index (κ2) is 6.22. The first-order chi connectivity index (χ1) is 8.97. The van der Waals surface area contributed by atoms with Crippen LogP contribution in [0, 0.1) is 17.6 Å². The van der Waals surface area contributed by atoms with Crippen LogP contribution in [0.4, 0.5) is 14.5 Å². The lowest BCUT2D eigenvalue weighted by Gasteiger charge is -2.23. The lowest BCUT2D eigenvalue weighted by Crippen LogP contribution is -2.24. The van der Waals surface area contributed by atoms with E-state index < -0.39 is 11.6 Å². The molecule has 0 aromatic heterocycles. The zero-order valence-corrected chi connectivity index (χ0v) is 13.1. The summed E-state index contributed by atoms with van der Waals surface area (Å²) in [5.74, 6) is 0.184. The number of nitrogens with one attached hydrogen (secondary N) is 1. The van der Waals surface area contributed by atoms with Gasteiger partial charge in [0.15, 0.2) is 11.0 Å². The zero-order chi connectivity index (χ0) is 14.0. The Hall–Kier alpha value is -0.620. The summed E-state index contributed by atoms with van der Waals surface area (Å²) in [6, 6.07) is 2.35. The highest BCUT2D eigenvalue weighted by atomic mass is 79.9. The number of aliphatic imine (C=N–C) groups is 1. The molecule has 6 heteroatoms. The average Bonchev–Trinajstić information content (AvgIpc) is 2.34. The predicted molar refractivity (Wildman–Crippen MR) is 80.8 cm³/mol. The number of amidine groups is 1. The van der Waals surface area contributed by atoms with E-state index in [0.29, 0.717) is 15.6 Å². The maximum Gasteiger partial charge on any atom is 0.161 e. The van der Waals surface area contributed by atoms with E-state index in [2.05, 4.69) is 40.1 Å². The van der Waals surface area contributed by atoms with Crippen molar-refractivity contribution < 1.29 is 8.78 Å². The highest BCUT2D eigenvalue weighted by molar-refractivity contribution is 9.10. The molecule has 19 heavy (non-hydrogen) atoms. The maximum atomic E-state index is 13.7. The minimum absolute atomic E-state index is 0.233. The lowest BCUT2D eigenvalue weighted by atomic mass is 10.0. The molecular weight excluding hydrogens is 334 g/mol. The molecule has 0 saturated carbocycles. The van der Waals surface area contributed by atoms with Crippen molar-refractivity contribution in [2.75, 3.05) is 11.1 Å². The fraction of sp³-hybridized carbons (Fsp3) is 0.462. The Balaban J connectivity index is 2.22. The predicted octanol–water partition coefficient (Wildman–Crippen LogP) is 4.66. The smallest absolute Gasteiger partial charge is 0.161 e. The van der Waals surface area contributed by atoms with Crippen LogP contribution in [-0.2, 0) is 0 Å². The Morgan fingerprint density at radius 2 is 2.16 bits per heavy atom. The first-order valence-corrected chi connectivity index (χ1v) is 7.87. The molecule has 1 heterocycles. The number of rotatable bonds is 2. The number of halogens is 3. The molecule has 1 aromatic carbocycles. The maximum absolute atomic E-state index is 13.7. The zero-order valence-electron chi connectivity index (χ0n) is 10.7. The fourth-order valence-corrected chi connectivity index (χ4v) is 3.29. The molecule has 2 rings (SSSR count). The molecule has 0 saturated heterocycles. The molecule has 0 spiro atoms. The van der Waals surface area contributed by atoms with Gasteiger partial charge in [-0.05, 0) is 34.3 Å². The highest BCUT2D eigenvalue weighted by Crippen LogP contribution is 2.30. The van der Waals surface area contributed by atoms with Crippen LogP contribution < -0.4 is 5.32 Å². The van der Waals surface area contributed by atoms with Gasteiger partial charge >= 0.3 is 0 Å². The molecular formula is C13H15BrF2N2S. The summed E-state index contributed by atoms with van der Waals surface area (Å²) < 4.78 is 27.1. The van der Waals surface area contributed by atoms with E-state index in [1.54, 1.807) is 11.8 Å². The van der Waals surface area contributed by atoms with Crippen molar-refractivity contribution in [1.82, 2.24) is 0 Å². The van der Waals surface area contributed by atoms with Gasteiger partial charge in [0.25, 0.3) is 0 Å². The van der Waals surface area contributed by atoms with Crippen molar-refractivity contribution in [3.63, 3.8) is 0 Å². The third-order valence-corrected chi connectivity index (χ3v) is 4.49. The van der Waals surface area contributed by atoms with Gasteiger partial charge in [-0.2, -0.15) is 0 Å². The van der Waals surface area contributed by atoms with E-state index in [9.17, 15) is 8.78 Å². The van der Waals surface area contributed by atoms with Crippen molar-refractivity contribution in [2.24, 2.45) is 10.9 Å². The van der Waals surface area contributed by atoms with Gasteiger partial charge in [-0.3, -0.25) is 4.99 Å². The van der Waals surface area contributed by atoms with Crippen LogP contribution in [0.5, 0.6) is 0 Å². The Kier molecular flexibility index (Phi) is 4.84. The topological polar surface area (TPSA) is 24.4 Å². The molecule has 1 atom stereocenters. The summed E-state index contributed by atoms with van der Waals surface area (Å²) in [5, 5.41) is 3.64. The van der Waals surface area contributed by atoms with Gasteiger partial charge in [-0.25, -0.2) is 8.78 Å². The molecule has 1 aliphatic rings. The molecule has 0 bridgehead atoms. The van der Waals surface area contributed by atoms with Crippen molar-refractivity contribution >= 4 is 38.5 Å². The van der Waals surface area contributed by atoms with Crippen molar-refractivity contribution in [1.29, 1.82) is 0 Å². The molecule has 104 valence electrons. The molecule has 0 fully saturated rings.